The highest BCUT2D eigenvalue weighted by Gasteiger charge is 2.55. The van der Waals surface area contributed by atoms with Crippen LogP contribution in [0.25, 0.3) is 6.08 Å². The van der Waals surface area contributed by atoms with Gasteiger partial charge in [-0.3, -0.25) is 14.4 Å². The number of fused-ring (bicyclic) bond motifs is 3. The van der Waals surface area contributed by atoms with Crippen LogP contribution in [0.1, 0.15) is 40.9 Å². The van der Waals surface area contributed by atoms with Gasteiger partial charge in [-0.25, -0.2) is 0 Å². The van der Waals surface area contributed by atoms with Gasteiger partial charge < -0.3 is 20.1 Å². The van der Waals surface area contributed by atoms with E-state index in [1.807, 2.05) is 0 Å². The Kier molecular flexibility index (Phi) is 5.17. The summed E-state index contributed by atoms with van der Waals surface area (Å²) in [5.41, 5.74) is -1.81. The molecule has 1 aliphatic heterocycles. The Bertz CT molecular complexity index is 1360. The minimum Gasteiger partial charge on any atom is -0.507 e. The number of hydrogen-bond acceptors (Lipinski definition) is 7. The van der Waals surface area contributed by atoms with Crippen molar-refractivity contribution >= 4 is 35.0 Å². The van der Waals surface area contributed by atoms with Crippen molar-refractivity contribution in [2.24, 2.45) is 0 Å². The molecule has 0 saturated carbocycles. The highest BCUT2D eigenvalue weighted by atomic mass is 35.5. The molecule has 0 radical (unpaired) electrons. The van der Waals surface area contributed by atoms with Crippen LogP contribution in [0.15, 0.2) is 53.5 Å². The second-order valence-corrected chi connectivity index (χ2v) is 8.47. The molecule has 2 aliphatic rings. The fourth-order valence-electron chi connectivity index (χ4n) is 4.12. The van der Waals surface area contributed by atoms with E-state index in [0.717, 1.165) is 13.0 Å². The molecular weight excluding hydrogens is 448 g/mol. The van der Waals surface area contributed by atoms with Crippen molar-refractivity contribution in [1.82, 2.24) is 0 Å². The predicted molar refractivity (Wildman–Crippen MR) is 121 cm³/mol. The molecule has 168 valence electrons. The molecular formula is C25H19ClO7. The molecule has 0 bridgehead atoms. The molecule has 4 rings (SSSR count). The van der Waals surface area contributed by atoms with Crippen molar-refractivity contribution in [3.8, 4) is 17.2 Å². The first-order chi connectivity index (χ1) is 15.5. The number of rotatable bonds is 4. The quantitative estimate of drug-likeness (QED) is 0.345. The van der Waals surface area contributed by atoms with Crippen molar-refractivity contribution < 1.29 is 34.4 Å². The number of phenolic OH excluding ortho intramolecular Hbond substituents is 2. The lowest BCUT2D eigenvalue weighted by Gasteiger charge is -2.28. The third-order valence-corrected chi connectivity index (χ3v) is 6.16. The molecule has 0 spiro atoms. The molecule has 2 aromatic carbocycles. The van der Waals surface area contributed by atoms with Gasteiger partial charge in [0.15, 0.2) is 17.3 Å². The second kappa shape index (κ2) is 7.64. The fourth-order valence-corrected chi connectivity index (χ4v) is 4.32. The number of allylic oxidation sites excluding steroid dienone is 4. The smallest absolute Gasteiger partial charge is 0.193 e. The predicted octanol–water partition coefficient (Wildman–Crippen LogP) is 4.47. The van der Waals surface area contributed by atoms with Gasteiger partial charge in [0.05, 0.1) is 5.56 Å². The van der Waals surface area contributed by atoms with E-state index in [1.165, 1.54) is 26.0 Å². The summed E-state index contributed by atoms with van der Waals surface area (Å²) in [6, 6.07) is 6.77. The summed E-state index contributed by atoms with van der Waals surface area (Å²) < 4.78 is 5.76. The molecule has 0 fully saturated rings. The minimum absolute atomic E-state index is 0.0321. The molecule has 1 atom stereocenters. The van der Waals surface area contributed by atoms with Crippen LogP contribution in [-0.4, -0.2) is 32.7 Å². The van der Waals surface area contributed by atoms with Gasteiger partial charge in [-0.15, -0.1) is 0 Å². The van der Waals surface area contributed by atoms with E-state index in [9.17, 15) is 29.7 Å². The monoisotopic (exact) mass is 466 g/mol. The van der Waals surface area contributed by atoms with Crippen LogP contribution >= 0.6 is 11.6 Å². The summed E-state index contributed by atoms with van der Waals surface area (Å²) in [5.74, 6) is -3.88. The van der Waals surface area contributed by atoms with E-state index in [0.29, 0.717) is 10.6 Å². The molecule has 0 amide bonds. The Morgan fingerprint density at radius 1 is 1.15 bits per heavy atom. The highest BCUT2D eigenvalue weighted by molar-refractivity contribution is 6.30. The number of aliphatic hydroxyl groups is 1. The van der Waals surface area contributed by atoms with E-state index >= 15 is 0 Å². The van der Waals surface area contributed by atoms with E-state index in [-0.39, 0.29) is 28.2 Å². The average molecular weight is 467 g/mol. The van der Waals surface area contributed by atoms with E-state index in [2.05, 4.69) is 0 Å². The van der Waals surface area contributed by atoms with Crippen LogP contribution in [0.3, 0.4) is 0 Å². The van der Waals surface area contributed by atoms with E-state index < -0.39 is 45.6 Å². The maximum absolute atomic E-state index is 13.3. The van der Waals surface area contributed by atoms with Crippen molar-refractivity contribution in [1.29, 1.82) is 0 Å². The van der Waals surface area contributed by atoms with Crippen LogP contribution < -0.4 is 4.74 Å². The topological polar surface area (TPSA) is 121 Å². The Morgan fingerprint density at radius 3 is 2.48 bits per heavy atom. The van der Waals surface area contributed by atoms with Gasteiger partial charge in [0, 0.05) is 16.7 Å². The van der Waals surface area contributed by atoms with Crippen LogP contribution in [0.4, 0.5) is 0 Å². The largest absolute Gasteiger partial charge is 0.507 e. The maximum Gasteiger partial charge on any atom is 0.193 e. The molecule has 2 aromatic rings. The normalized spacial score (nSPS) is 19.3. The van der Waals surface area contributed by atoms with Crippen molar-refractivity contribution in [2.45, 2.75) is 26.2 Å². The van der Waals surface area contributed by atoms with Gasteiger partial charge in [0.25, 0.3) is 0 Å². The molecule has 7 nitrogen and oxygen atoms in total. The first-order valence-electron chi connectivity index (χ1n) is 9.94. The van der Waals surface area contributed by atoms with Gasteiger partial charge in [-0.2, -0.15) is 0 Å². The van der Waals surface area contributed by atoms with Gasteiger partial charge in [0.1, 0.15) is 45.3 Å². The molecule has 1 aliphatic carbocycles. The first kappa shape index (κ1) is 22.4. The Labute approximate surface area is 193 Å². The maximum atomic E-state index is 13.3. The van der Waals surface area contributed by atoms with Crippen molar-refractivity contribution in [3.05, 3.63) is 80.8 Å². The number of hydrogen-bond donors (Lipinski definition) is 3. The number of ether oxygens (including phenoxy) is 1. The highest BCUT2D eigenvalue weighted by Crippen LogP contribution is 2.57. The second-order valence-electron chi connectivity index (χ2n) is 8.04. The van der Waals surface area contributed by atoms with Crippen LogP contribution in [-0.2, 0) is 15.0 Å². The van der Waals surface area contributed by atoms with Gasteiger partial charge >= 0.3 is 0 Å². The van der Waals surface area contributed by atoms with Gasteiger partial charge in [-0.1, -0.05) is 29.8 Å². The lowest BCUT2D eigenvalue weighted by molar-refractivity contribution is -0.123. The molecule has 1 heterocycles. The minimum atomic E-state index is -1.67. The summed E-state index contributed by atoms with van der Waals surface area (Å²) in [5, 5.41) is 32.2. The number of aliphatic hydroxyl groups excluding tert-OH is 1. The van der Waals surface area contributed by atoms with E-state index in [1.54, 1.807) is 24.3 Å². The van der Waals surface area contributed by atoms with Gasteiger partial charge in [-0.05, 0) is 44.5 Å². The Morgan fingerprint density at radius 2 is 1.85 bits per heavy atom. The van der Waals surface area contributed by atoms with Crippen LogP contribution in [0.5, 0.6) is 17.2 Å². The molecule has 3 N–H and O–H groups in total. The Balaban J connectivity index is 1.90. The van der Waals surface area contributed by atoms with Crippen LogP contribution in [0, 0.1) is 6.92 Å². The molecule has 0 saturated heterocycles. The third kappa shape index (κ3) is 3.24. The zero-order chi connectivity index (χ0) is 24.2. The number of aromatic hydroxyl groups is 2. The number of carbonyl (C=O) groups excluding carboxylic acids is 3. The van der Waals surface area contributed by atoms with Crippen molar-refractivity contribution in [3.63, 3.8) is 0 Å². The first-order valence-corrected chi connectivity index (χ1v) is 10.3. The summed E-state index contributed by atoms with van der Waals surface area (Å²) in [7, 11) is 0. The molecule has 33 heavy (non-hydrogen) atoms. The summed E-state index contributed by atoms with van der Waals surface area (Å²) in [4.78, 5) is 38.4. The fraction of sp³-hybridized carbons (Fsp3) is 0.160. The lowest BCUT2D eigenvalue weighted by atomic mass is 9.71. The zero-order valence-electron chi connectivity index (χ0n) is 17.9. The SMILES string of the molecule is CC(=O)C1=C(O)C=C2Oc3c(C(=O)/C=C/c4cccc(Cl)c4)c(O)c(C)c(O)c3[C@]2(C)C1=O. The lowest BCUT2D eigenvalue weighted by Crippen LogP contribution is -2.38. The average Bonchev–Trinajstić information content (AvgIpc) is 3.04. The van der Waals surface area contributed by atoms with Crippen LogP contribution in [0.2, 0.25) is 5.02 Å². The number of ketones is 3. The standard InChI is InChI=1S/C25H19ClO7/c1-11-21(30)19(15(28)8-7-13-5-4-6-14(26)9-13)23-20(22(11)31)25(3)17(33-23)10-16(29)18(12(2)27)24(25)32/h4-10,29-31H,1-3H3/b8-7+/t25-/m1/s1. The molecule has 8 heteroatoms. The molecule has 0 aromatic heterocycles. The van der Waals surface area contributed by atoms with Gasteiger partial charge in [0.2, 0.25) is 0 Å². The van der Waals surface area contributed by atoms with E-state index in [4.69, 9.17) is 16.3 Å². The Hall–Kier alpha value is -3.84. The number of carbonyl (C=O) groups is 3. The summed E-state index contributed by atoms with van der Waals surface area (Å²) >= 11 is 5.97. The number of Topliss-reactive ketones (excluding diaryl/α,β-unsaturated/α-hetero) is 2. The molecule has 0 unspecified atom stereocenters. The number of phenols is 2. The zero-order valence-corrected chi connectivity index (χ0v) is 18.6. The number of benzene rings is 2. The van der Waals surface area contributed by atoms with Crippen molar-refractivity contribution in [2.75, 3.05) is 0 Å². The third-order valence-electron chi connectivity index (χ3n) is 5.92. The number of halogens is 1. The summed E-state index contributed by atoms with van der Waals surface area (Å²) in [6.45, 7) is 3.95. The summed E-state index contributed by atoms with van der Waals surface area (Å²) in [6.07, 6.45) is 3.82.